The third-order valence-electron chi connectivity index (χ3n) is 7.76. The van der Waals surface area contributed by atoms with Crippen LogP contribution in [0.3, 0.4) is 0 Å². The summed E-state index contributed by atoms with van der Waals surface area (Å²) in [6.45, 7) is 0. The van der Waals surface area contributed by atoms with Gasteiger partial charge in [0, 0.05) is 17.1 Å². The average Bonchev–Trinajstić information content (AvgIpc) is 3.16. The van der Waals surface area contributed by atoms with Gasteiger partial charge in [0.2, 0.25) is 11.8 Å². The first-order chi connectivity index (χ1) is 16.3. The van der Waals surface area contributed by atoms with Crippen LogP contribution >= 0.6 is 35.4 Å². The van der Waals surface area contributed by atoms with Crippen LogP contribution in [0, 0.1) is 23.2 Å². The quantitative estimate of drug-likeness (QED) is 0.360. The Morgan fingerprint density at radius 3 is 2.47 bits per heavy atom. The molecule has 1 heterocycles. The Morgan fingerprint density at radius 1 is 1.06 bits per heavy atom. The van der Waals surface area contributed by atoms with Crippen LogP contribution in [0.15, 0.2) is 40.8 Å². The Labute approximate surface area is 213 Å². The fraction of sp³-hybridized carbons (Fsp3) is 0.423. The van der Waals surface area contributed by atoms with Gasteiger partial charge in [0.05, 0.1) is 10.6 Å². The van der Waals surface area contributed by atoms with Crippen molar-refractivity contribution >= 4 is 63.2 Å². The second-order valence-corrected chi connectivity index (χ2v) is 11.7. The number of aromatic nitrogens is 1. The summed E-state index contributed by atoms with van der Waals surface area (Å²) in [5, 5.41) is 7.38. The third-order valence-corrected chi connectivity index (χ3v) is 8.53. The maximum Gasteiger partial charge on any atom is 0.228 e. The molecule has 0 atom stereocenters. The van der Waals surface area contributed by atoms with Crippen molar-refractivity contribution < 1.29 is 9.21 Å². The molecule has 2 N–H and O–H groups in total. The number of nitrogens with one attached hydrogen (secondary N) is 2. The van der Waals surface area contributed by atoms with Gasteiger partial charge in [-0.05, 0) is 110 Å². The van der Waals surface area contributed by atoms with E-state index in [-0.39, 0.29) is 16.4 Å². The lowest BCUT2D eigenvalue weighted by molar-refractivity contribution is -0.127. The van der Waals surface area contributed by atoms with E-state index < -0.39 is 0 Å². The lowest BCUT2D eigenvalue weighted by Crippen LogP contribution is -2.48. The molecule has 34 heavy (non-hydrogen) atoms. The number of hydrogen-bond acceptors (Lipinski definition) is 4. The first-order valence-corrected chi connectivity index (χ1v) is 13.0. The standard InChI is InChI=1S/C26H25Cl2N3O2S/c27-17-1-4-22-21(8-17)30-24(33-22)19-9-18(2-3-20(19)28)29-25(34)31-23(32)13-26-10-14-5-15(11-26)7-16(6-14)12-26/h1-4,8-9,14-16H,5-7,10-13H2,(H2,29,31,32,34). The van der Waals surface area contributed by atoms with Crippen molar-refractivity contribution in [2.75, 3.05) is 5.32 Å². The minimum Gasteiger partial charge on any atom is -0.436 e. The molecule has 8 heteroatoms. The van der Waals surface area contributed by atoms with Crippen LogP contribution in [0.25, 0.3) is 22.6 Å². The number of carbonyl (C=O) groups excluding carboxylic acids is 1. The molecule has 4 fully saturated rings. The molecule has 1 aromatic heterocycles. The van der Waals surface area contributed by atoms with Crippen LogP contribution < -0.4 is 10.6 Å². The zero-order valence-electron chi connectivity index (χ0n) is 18.6. The second kappa shape index (κ2) is 8.51. The molecule has 0 radical (unpaired) electrons. The molecule has 0 spiro atoms. The molecule has 5 nitrogen and oxygen atoms in total. The van der Waals surface area contributed by atoms with Crippen molar-refractivity contribution in [3.8, 4) is 11.5 Å². The van der Waals surface area contributed by atoms with E-state index in [2.05, 4.69) is 15.6 Å². The SMILES string of the molecule is O=C(CC12CC3CC(CC(C3)C1)C2)NC(=S)Nc1ccc(Cl)c(-c2nc3cc(Cl)ccc3o2)c1. The Hall–Kier alpha value is -2.15. The molecule has 0 unspecified atom stereocenters. The number of amides is 1. The summed E-state index contributed by atoms with van der Waals surface area (Å²) in [6.07, 6.45) is 8.26. The van der Waals surface area contributed by atoms with E-state index in [1.165, 1.54) is 38.5 Å². The summed E-state index contributed by atoms with van der Waals surface area (Å²) in [7, 11) is 0. The van der Waals surface area contributed by atoms with Crippen molar-refractivity contribution in [3.05, 3.63) is 46.4 Å². The van der Waals surface area contributed by atoms with Crippen LogP contribution in [0.1, 0.15) is 44.9 Å². The van der Waals surface area contributed by atoms with Gasteiger partial charge < -0.3 is 15.1 Å². The molecule has 7 rings (SSSR count). The number of hydrogen-bond donors (Lipinski definition) is 2. The number of anilines is 1. The lowest BCUT2D eigenvalue weighted by Gasteiger charge is -2.56. The summed E-state index contributed by atoms with van der Waals surface area (Å²) in [5.41, 5.74) is 2.78. The van der Waals surface area contributed by atoms with Gasteiger partial charge in [0.15, 0.2) is 10.7 Å². The van der Waals surface area contributed by atoms with Crippen molar-refractivity contribution in [1.82, 2.24) is 10.3 Å². The van der Waals surface area contributed by atoms with Gasteiger partial charge in [-0.15, -0.1) is 0 Å². The van der Waals surface area contributed by atoms with Gasteiger partial charge in [0.25, 0.3) is 0 Å². The zero-order valence-corrected chi connectivity index (χ0v) is 20.9. The Balaban J connectivity index is 1.13. The molecular weight excluding hydrogens is 489 g/mol. The number of benzene rings is 2. The van der Waals surface area contributed by atoms with E-state index in [1.807, 2.05) is 12.1 Å². The third kappa shape index (κ3) is 4.32. The molecule has 1 amide bonds. The summed E-state index contributed by atoms with van der Waals surface area (Å²) in [5.74, 6) is 2.85. The number of halogens is 2. The molecule has 4 aliphatic carbocycles. The molecule has 4 bridgehead atoms. The van der Waals surface area contributed by atoms with Gasteiger partial charge in [-0.3, -0.25) is 4.79 Å². The highest BCUT2D eigenvalue weighted by Gasteiger charge is 2.51. The highest BCUT2D eigenvalue weighted by Crippen LogP contribution is 2.61. The predicted octanol–water partition coefficient (Wildman–Crippen LogP) is 7.22. The van der Waals surface area contributed by atoms with E-state index in [1.54, 1.807) is 24.3 Å². The Morgan fingerprint density at radius 2 is 1.76 bits per heavy atom. The van der Waals surface area contributed by atoms with E-state index in [9.17, 15) is 4.79 Å². The summed E-state index contributed by atoms with van der Waals surface area (Å²) < 4.78 is 5.86. The van der Waals surface area contributed by atoms with Crippen molar-refractivity contribution in [2.24, 2.45) is 23.2 Å². The number of nitrogens with zero attached hydrogens (tertiary/aromatic N) is 1. The lowest BCUT2D eigenvalue weighted by atomic mass is 9.49. The largest absolute Gasteiger partial charge is 0.436 e. The summed E-state index contributed by atoms with van der Waals surface area (Å²) >= 11 is 17.9. The number of oxazole rings is 1. The van der Waals surface area contributed by atoms with E-state index in [0.717, 1.165) is 17.8 Å². The molecule has 4 aliphatic rings. The normalized spacial score (nSPS) is 27.2. The first kappa shape index (κ1) is 22.3. The second-order valence-electron chi connectivity index (χ2n) is 10.4. The van der Waals surface area contributed by atoms with E-state index in [4.69, 9.17) is 39.8 Å². The van der Waals surface area contributed by atoms with E-state index in [0.29, 0.717) is 44.7 Å². The summed E-state index contributed by atoms with van der Waals surface area (Å²) in [6, 6.07) is 10.6. The monoisotopic (exact) mass is 513 g/mol. The minimum absolute atomic E-state index is 0.00414. The Kier molecular flexibility index (Phi) is 5.58. The van der Waals surface area contributed by atoms with Crippen molar-refractivity contribution in [2.45, 2.75) is 44.9 Å². The van der Waals surface area contributed by atoms with Crippen LogP contribution in [-0.4, -0.2) is 16.0 Å². The fourth-order valence-corrected chi connectivity index (χ4v) is 7.56. The zero-order chi connectivity index (χ0) is 23.4. The average molecular weight is 514 g/mol. The van der Waals surface area contributed by atoms with Gasteiger partial charge >= 0.3 is 0 Å². The molecule has 2 aromatic carbocycles. The molecule has 4 saturated carbocycles. The molecular formula is C26H25Cl2N3O2S. The fourth-order valence-electron chi connectivity index (χ4n) is 6.96. The molecule has 0 aliphatic heterocycles. The summed E-state index contributed by atoms with van der Waals surface area (Å²) in [4.78, 5) is 17.4. The number of thiocarbonyl (C=S) groups is 1. The van der Waals surface area contributed by atoms with Crippen LogP contribution in [0.5, 0.6) is 0 Å². The Bertz CT molecular complexity index is 1270. The van der Waals surface area contributed by atoms with Crippen molar-refractivity contribution in [3.63, 3.8) is 0 Å². The van der Waals surface area contributed by atoms with Gasteiger partial charge in [-0.1, -0.05) is 23.2 Å². The topological polar surface area (TPSA) is 67.2 Å². The van der Waals surface area contributed by atoms with Crippen LogP contribution in [0.4, 0.5) is 5.69 Å². The first-order valence-electron chi connectivity index (χ1n) is 11.8. The van der Waals surface area contributed by atoms with Gasteiger partial charge in [-0.2, -0.15) is 0 Å². The maximum atomic E-state index is 12.9. The number of rotatable bonds is 4. The predicted molar refractivity (Wildman–Crippen MR) is 139 cm³/mol. The number of fused-ring (bicyclic) bond motifs is 1. The smallest absolute Gasteiger partial charge is 0.228 e. The van der Waals surface area contributed by atoms with E-state index >= 15 is 0 Å². The highest BCUT2D eigenvalue weighted by molar-refractivity contribution is 7.80. The molecule has 3 aromatic rings. The number of carbonyl (C=O) groups is 1. The van der Waals surface area contributed by atoms with Gasteiger partial charge in [0.1, 0.15) is 5.52 Å². The minimum atomic E-state index is 0.00414. The van der Waals surface area contributed by atoms with Crippen LogP contribution in [-0.2, 0) is 4.79 Å². The van der Waals surface area contributed by atoms with Crippen molar-refractivity contribution in [1.29, 1.82) is 0 Å². The van der Waals surface area contributed by atoms with Gasteiger partial charge in [-0.25, -0.2) is 4.98 Å². The maximum absolute atomic E-state index is 12.9. The van der Waals surface area contributed by atoms with Crippen LogP contribution in [0.2, 0.25) is 10.0 Å². The molecule has 176 valence electrons. The molecule has 0 saturated heterocycles. The highest BCUT2D eigenvalue weighted by atomic mass is 35.5.